The van der Waals surface area contributed by atoms with Crippen molar-refractivity contribution in [3.8, 4) is 11.3 Å². The second-order valence-corrected chi connectivity index (χ2v) is 6.80. The van der Waals surface area contributed by atoms with Crippen molar-refractivity contribution in [1.82, 2.24) is 15.2 Å². The third kappa shape index (κ3) is 4.65. The average Bonchev–Trinajstić information content (AvgIpc) is 2.62. The van der Waals surface area contributed by atoms with Crippen LogP contribution in [-0.2, 0) is 11.3 Å². The van der Waals surface area contributed by atoms with Gasteiger partial charge in [-0.05, 0) is 43.1 Å². The van der Waals surface area contributed by atoms with Crippen LogP contribution in [0.3, 0.4) is 0 Å². The molecule has 3 rings (SSSR count). The molecular formula is C20H25N3O2. The second kappa shape index (κ2) is 7.76. The molecule has 1 fully saturated rings. The molecule has 1 aliphatic heterocycles. The van der Waals surface area contributed by atoms with Crippen LogP contribution in [0.2, 0.25) is 0 Å². The van der Waals surface area contributed by atoms with Gasteiger partial charge in [-0.25, -0.2) is 0 Å². The maximum absolute atomic E-state index is 11.7. The number of β-amino-alcohol motifs (C(OH)–C–C–N with tert-alkyl or cyclic N) is 1. The van der Waals surface area contributed by atoms with Gasteiger partial charge in [0.2, 0.25) is 5.91 Å². The molecule has 1 unspecified atom stereocenters. The average molecular weight is 339 g/mol. The minimum atomic E-state index is -0.934. The Hall–Kier alpha value is -2.24. The summed E-state index contributed by atoms with van der Waals surface area (Å²) in [6.07, 6.45) is 3.53. The van der Waals surface area contributed by atoms with E-state index in [0.29, 0.717) is 13.0 Å². The molecule has 2 aromatic rings. The monoisotopic (exact) mass is 339 g/mol. The van der Waals surface area contributed by atoms with E-state index in [0.717, 1.165) is 30.8 Å². The molecule has 1 amide bonds. The SMILES string of the molecule is CNC(=O)CC1(O)CCCN(Cc2cccc(-c3ccccn3)c2)C1. The van der Waals surface area contributed by atoms with E-state index >= 15 is 0 Å². The molecular weight excluding hydrogens is 314 g/mol. The first kappa shape index (κ1) is 17.6. The van der Waals surface area contributed by atoms with Gasteiger partial charge in [0, 0.05) is 31.9 Å². The number of nitrogens with one attached hydrogen (secondary N) is 1. The summed E-state index contributed by atoms with van der Waals surface area (Å²) in [6.45, 7) is 2.22. The Morgan fingerprint density at radius 3 is 2.96 bits per heavy atom. The van der Waals surface area contributed by atoms with Crippen molar-refractivity contribution >= 4 is 5.91 Å². The molecule has 132 valence electrons. The topological polar surface area (TPSA) is 65.5 Å². The van der Waals surface area contributed by atoms with Crippen LogP contribution in [0.15, 0.2) is 48.7 Å². The number of carbonyl (C=O) groups is 1. The van der Waals surface area contributed by atoms with Crippen molar-refractivity contribution in [3.05, 3.63) is 54.2 Å². The first-order chi connectivity index (χ1) is 12.1. The quantitative estimate of drug-likeness (QED) is 0.877. The lowest BCUT2D eigenvalue weighted by molar-refractivity contribution is -0.128. The smallest absolute Gasteiger partial charge is 0.222 e. The van der Waals surface area contributed by atoms with E-state index in [1.165, 1.54) is 5.56 Å². The molecule has 1 atom stereocenters. The van der Waals surface area contributed by atoms with Crippen LogP contribution in [0.5, 0.6) is 0 Å². The summed E-state index contributed by atoms with van der Waals surface area (Å²) in [5.74, 6) is -0.110. The summed E-state index contributed by atoms with van der Waals surface area (Å²) in [7, 11) is 1.61. The van der Waals surface area contributed by atoms with Crippen molar-refractivity contribution in [2.24, 2.45) is 0 Å². The fourth-order valence-electron chi connectivity index (χ4n) is 3.49. The van der Waals surface area contributed by atoms with Crippen LogP contribution < -0.4 is 5.32 Å². The predicted molar refractivity (Wildman–Crippen MR) is 97.8 cm³/mol. The summed E-state index contributed by atoms with van der Waals surface area (Å²) in [5, 5.41) is 13.3. The van der Waals surface area contributed by atoms with Crippen molar-refractivity contribution in [2.45, 2.75) is 31.4 Å². The van der Waals surface area contributed by atoms with E-state index in [4.69, 9.17) is 0 Å². The molecule has 5 heteroatoms. The van der Waals surface area contributed by atoms with Crippen LogP contribution in [0.4, 0.5) is 0 Å². The van der Waals surface area contributed by atoms with Crippen molar-refractivity contribution in [3.63, 3.8) is 0 Å². The summed E-state index contributed by atoms with van der Waals surface area (Å²) in [6, 6.07) is 14.2. The molecule has 0 bridgehead atoms. The fraction of sp³-hybridized carbons (Fsp3) is 0.400. The van der Waals surface area contributed by atoms with E-state index < -0.39 is 5.60 Å². The van der Waals surface area contributed by atoms with Crippen LogP contribution >= 0.6 is 0 Å². The zero-order chi connectivity index (χ0) is 17.7. The highest BCUT2D eigenvalue weighted by Crippen LogP contribution is 2.26. The minimum Gasteiger partial charge on any atom is -0.388 e. The first-order valence-corrected chi connectivity index (χ1v) is 8.74. The highest BCUT2D eigenvalue weighted by Gasteiger charge is 2.35. The molecule has 1 saturated heterocycles. The lowest BCUT2D eigenvalue weighted by atomic mass is 9.89. The summed E-state index contributed by atoms with van der Waals surface area (Å²) in [5.41, 5.74) is 2.30. The van der Waals surface area contributed by atoms with E-state index in [1.807, 2.05) is 24.3 Å². The molecule has 5 nitrogen and oxygen atoms in total. The molecule has 0 saturated carbocycles. The summed E-state index contributed by atoms with van der Waals surface area (Å²) >= 11 is 0. The second-order valence-electron chi connectivity index (χ2n) is 6.80. The molecule has 0 radical (unpaired) electrons. The molecule has 1 aliphatic rings. The number of aliphatic hydroxyl groups is 1. The van der Waals surface area contributed by atoms with Crippen LogP contribution in [0.1, 0.15) is 24.8 Å². The Kier molecular flexibility index (Phi) is 5.46. The number of benzene rings is 1. The van der Waals surface area contributed by atoms with E-state index in [1.54, 1.807) is 13.2 Å². The summed E-state index contributed by atoms with van der Waals surface area (Å²) < 4.78 is 0. The molecule has 1 aromatic carbocycles. The van der Waals surface area contributed by atoms with Crippen LogP contribution in [0.25, 0.3) is 11.3 Å². The molecule has 1 aromatic heterocycles. The van der Waals surface area contributed by atoms with Gasteiger partial charge in [0.1, 0.15) is 0 Å². The maximum Gasteiger partial charge on any atom is 0.222 e. The van der Waals surface area contributed by atoms with E-state index in [-0.39, 0.29) is 12.3 Å². The van der Waals surface area contributed by atoms with Gasteiger partial charge in [-0.3, -0.25) is 14.7 Å². The number of pyridine rings is 1. The predicted octanol–water partition coefficient (Wildman–Crippen LogP) is 2.21. The Morgan fingerprint density at radius 2 is 2.20 bits per heavy atom. The number of hydrogen-bond donors (Lipinski definition) is 2. The van der Waals surface area contributed by atoms with Gasteiger partial charge in [0.15, 0.2) is 0 Å². The van der Waals surface area contributed by atoms with Crippen molar-refractivity contribution < 1.29 is 9.90 Å². The lowest BCUT2D eigenvalue weighted by Gasteiger charge is -2.39. The molecule has 2 N–H and O–H groups in total. The normalized spacial score (nSPS) is 21.0. The third-order valence-electron chi connectivity index (χ3n) is 4.70. The number of nitrogens with zero attached hydrogens (tertiary/aromatic N) is 2. The number of piperidine rings is 1. The number of hydrogen-bond acceptors (Lipinski definition) is 4. The van der Waals surface area contributed by atoms with Gasteiger partial charge in [-0.1, -0.05) is 24.3 Å². The zero-order valence-electron chi connectivity index (χ0n) is 14.6. The maximum atomic E-state index is 11.7. The minimum absolute atomic E-state index is 0.110. The van der Waals surface area contributed by atoms with Crippen molar-refractivity contribution in [1.29, 1.82) is 0 Å². The number of carbonyl (C=O) groups excluding carboxylic acids is 1. The van der Waals surface area contributed by atoms with Crippen LogP contribution in [-0.4, -0.2) is 46.6 Å². The van der Waals surface area contributed by atoms with Gasteiger partial charge in [-0.15, -0.1) is 0 Å². The Balaban J connectivity index is 1.69. The third-order valence-corrected chi connectivity index (χ3v) is 4.70. The highest BCUT2D eigenvalue weighted by atomic mass is 16.3. The van der Waals surface area contributed by atoms with E-state index in [9.17, 15) is 9.90 Å². The van der Waals surface area contributed by atoms with Gasteiger partial charge in [-0.2, -0.15) is 0 Å². The molecule has 2 heterocycles. The number of amides is 1. The Bertz CT molecular complexity index is 720. The van der Waals surface area contributed by atoms with Gasteiger partial charge >= 0.3 is 0 Å². The standard InChI is InChI=1S/C20H25N3O2/c1-21-19(24)13-20(25)9-5-11-23(15-20)14-16-6-4-7-17(12-16)18-8-2-3-10-22-18/h2-4,6-8,10,12,25H,5,9,11,13-15H2,1H3,(H,21,24). The molecule has 0 aliphatic carbocycles. The number of rotatable bonds is 5. The largest absolute Gasteiger partial charge is 0.388 e. The van der Waals surface area contributed by atoms with Gasteiger partial charge < -0.3 is 10.4 Å². The number of likely N-dealkylation sites (tertiary alicyclic amines) is 1. The highest BCUT2D eigenvalue weighted by molar-refractivity contribution is 5.76. The molecule has 0 spiro atoms. The van der Waals surface area contributed by atoms with E-state index in [2.05, 4.69) is 33.4 Å². The number of aromatic nitrogens is 1. The fourth-order valence-corrected chi connectivity index (χ4v) is 3.49. The zero-order valence-corrected chi connectivity index (χ0v) is 14.6. The Morgan fingerprint density at radius 1 is 1.32 bits per heavy atom. The van der Waals surface area contributed by atoms with Gasteiger partial charge in [0.25, 0.3) is 0 Å². The Labute approximate surface area is 148 Å². The molecule has 25 heavy (non-hydrogen) atoms. The van der Waals surface area contributed by atoms with Gasteiger partial charge in [0.05, 0.1) is 17.7 Å². The lowest BCUT2D eigenvalue weighted by Crippen LogP contribution is -2.49. The van der Waals surface area contributed by atoms with Crippen LogP contribution in [0, 0.1) is 0 Å². The first-order valence-electron chi connectivity index (χ1n) is 8.74. The van der Waals surface area contributed by atoms with Crippen molar-refractivity contribution in [2.75, 3.05) is 20.1 Å². The summed E-state index contributed by atoms with van der Waals surface area (Å²) in [4.78, 5) is 18.3.